The predicted octanol–water partition coefficient (Wildman–Crippen LogP) is 4.41. The molecular weight excluding hydrogens is 315 g/mol. The maximum absolute atomic E-state index is 6.51. The van der Waals surface area contributed by atoms with E-state index >= 15 is 0 Å². The molecule has 0 unspecified atom stereocenters. The number of halogens is 2. The van der Waals surface area contributed by atoms with Crippen LogP contribution < -0.4 is 0 Å². The van der Waals surface area contributed by atoms with Crippen molar-refractivity contribution < 1.29 is 0 Å². The Hall–Kier alpha value is -1.06. The van der Waals surface area contributed by atoms with Crippen LogP contribution in [0.25, 0.3) is 0 Å². The molecule has 114 valence electrons. The fraction of sp³-hybridized carbons (Fsp3) is 0.333. The van der Waals surface area contributed by atoms with Crippen LogP contribution in [0.1, 0.15) is 23.2 Å². The molecule has 0 spiro atoms. The van der Waals surface area contributed by atoms with Crippen molar-refractivity contribution in [3.8, 4) is 0 Å². The fourth-order valence-electron chi connectivity index (χ4n) is 3.86. The van der Waals surface area contributed by atoms with Crippen molar-refractivity contribution in [1.29, 1.82) is 0 Å². The smallest absolute Gasteiger partial charge is 0.0561 e. The molecule has 22 heavy (non-hydrogen) atoms. The number of fused-ring (bicyclic) bond motifs is 3. The number of piperazine rings is 3. The van der Waals surface area contributed by atoms with E-state index in [4.69, 9.17) is 23.2 Å². The summed E-state index contributed by atoms with van der Waals surface area (Å²) in [5.74, 6) is 0. The minimum absolute atomic E-state index is 0.274. The number of hydrogen-bond donors (Lipinski definition) is 0. The van der Waals surface area contributed by atoms with Gasteiger partial charge in [-0.1, -0.05) is 59.6 Å². The minimum Gasteiger partial charge on any atom is -0.292 e. The van der Waals surface area contributed by atoms with Crippen molar-refractivity contribution in [3.05, 3.63) is 69.7 Å². The van der Waals surface area contributed by atoms with Gasteiger partial charge in [-0.25, -0.2) is 0 Å². The molecule has 3 aliphatic rings. The lowest BCUT2D eigenvalue weighted by Gasteiger charge is -2.53. The molecule has 0 N–H and O–H groups in total. The highest BCUT2D eigenvalue weighted by Crippen LogP contribution is 2.47. The summed E-state index contributed by atoms with van der Waals surface area (Å²) in [6.45, 7) is 4.38. The Kier molecular flexibility index (Phi) is 3.87. The number of benzene rings is 2. The first kappa shape index (κ1) is 14.5. The Bertz CT molecular complexity index is 621. The average Bonchev–Trinajstić information content (AvgIpc) is 2.56. The summed E-state index contributed by atoms with van der Waals surface area (Å²) < 4.78 is 0. The maximum Gasteiger partial charge on any atom is 0.0561 e. The summed E-state index contributed by atoms with van der Waals surface area (Å²) in [6.07, 6.45) is 0. The van der Waals surface area contributed by atoms with Gasteiger partial charge >= 0.3 is 0 Å². The van der Waals surface area contributed by atoms with Crippen LogP contribution in [-0.4, -0.2) is 36.0 Å². The molecule has 3 saturated heterocycles. The molecule has 2 aromatic carbocycles. The molecule has 2 aromatic rings. The topological polar surface area (TPSA) is 6.48 Å². The lowest BCUT2D eigenvalue weighted by molar-refractivity contribution is -0.0404. The Balaban J connectivity index is 1.83. The van der Waals surface area contributed by atoms with E-state index < -0.39 is 0 Å². The normalized spacial score (nSPS) is 30.5. The zero-order chi connectivity index (χ0) is 15.1. The van der Waals surface area contributed by atoms with Crippen LogP contribution in [0.3, 0.4) is 0 Å². The van der Waals surface area contributed by atoms with Gasteiger partial charge in [0.15, 0.2) is 0 Å². The van der Waals surface area contributed by atoms with Gasteiger partial charge in [-0.05, 0) is 23.3 Å². The first-order chi connectivity index (χ1) is 10.8. The average molecular weight is 333 g/mol. The molecule has 5 rings (SSSR count). The third kappa shape index (κ3) is 2.35. The van der Waals surface area contributed by atoms with Crippen LogP contribution in [0, 0.1) is 0 Å². The van der Waals surface area contributed by atoms with Crippen molar-refractivity contribution >= 4 is 23.2 Å². The van der Waals surface area contributed by atoms with Gasteiger partial charge in [-0.2, -0.15) is 0 Å². The minimum atomic E-state index is 0.274. The van der Waals surface area contributed by atoms with Crippen LogP contribution >= 0.6 is 23.2 Å². The quantitative estimate of drug-likeness (QED) is 0.803. The summed E-state index contributed by atoms with van der Waals surface area (Å²) in [5.41, 5.74) is 2.41. The Morgan fingerprint density at radius 1 is 0.636 bits per heavy atom. The van der Waals surface area contributed by atoms with E-state index in [-0.39, 0.29) is 12.1 Å². The molecule has 3 aliphatic heterocycles. The van der Waals surface area contributed by atoms with Crippen LogP contribution in [0.2, 0.25) is 10.0 Å². The van der Waals surface area contributed by atoms with Gasteiger partial charge in [-0.3, -0.25) is 9.80 Å². The number of nitrogens with zero attached hydrogens (tertiary/aromatic N) is 2. The number of rotatable bonds is 2. The highest BCUT2D eigenvalue weighted by atomic mass is 35.5. The van der Waals surface area contributed by atoms with Crippen molar-refractivity contribution in [1.82, 2.24) is 9.80 Å². The van der Waals surface area contributed by atoms with E-state index in [0.717, 1.165) is 36.2 Å². The van der Waals surface area contributed by atoms with Crippen LogP contribution in [0.5, 0.6) is 0 Å². The molecule has 0 aliphatic carbocycles. The van der Waals surface area contributed by atoms with E-state index in [2.05, 4.69) is 34.1 Å². The molecule has 0 radical (unpaired) electrons. The summed E-state index contributed by atoms with van der Waals surface area (Å²) in [7, 11) is 0. The van der Waals surface area contributed by atoms with E-state index in [0.29, 0.717) is 0 Å². The van der Waals surface area contributed by atoms with E-state index in [1.165, 1.54) is 11.1 Å². The Morgan fingerprint density at radius 3 is 1.36 bits per heavy atom. The van der Waals surface area contributed by atoms with Crippen molar-refractivity contribution in [2.24, 2.45) is 0 Å². The molecule has 2 atom stereocenters. The number of hydrogen-bond acceptors (Lipinski definition) is 2. The van der Waals surface area contributed by atoms with E-state index in [9.17, 15) is 0 Å². The highest BCUT2D eigenvalue weighted by molar-refractivity contribution is 6.31. The van der Waals surface area contributed by atoms with Gasteiger partial charge in [0.1, 0.15) is 0 Å². The molecule has 0 saturated carbocycles. The second-order valence-corrected chi connectivity index (χ2v) is 6.82. The maximum atomic E-state index is 6.51. The summed E-state index contributed by atoms with van der Waals surface area (Å²) >= 11 is 13.0. The van der Waals surface area contributed by atoms with Crippen molar-refractivity contribution in [2.45, 2.75) is 12.1 Å². The second kappa shape index (κ2) is 5.86. The Morgan fingerprint density at radius 2 is 1.00 bits per heavy atom. The summed E-state index contributed by atoms with van der Waals surface area (Å²) in [4.78, 5) is 5.10. The lowest BCUT2D eigenvalue weighted by atomic mass is 9.86. The molecular formula is C18H18Cl2N2. The standard InChI is InChI=1S/C18H18Cl2N2/c19-15-7-3-1-5-13(15)17-18(14-6-2-4-8-16(14)20)22-11-9-21(17)10-12-22/h1-8,17-18H,9-12H2/t17-,18-/m0/s1. The van der Waals surface area contributed by atoms with Crippen molar-refractivity contribution in [3.63, 3.8) is 0 Å². The SMILES string of the molecule is Clc1ccccc1[C@H]1[C@H](c2ccccc2Cl)N2CCN1CC2. The van der Waals surface area contributed by atoms with E-state index in [1.807, 2.05) is 24.3 Å². The molecule has 4 heteroatoms. The predicted molar refractivity (Wildman–Crippen MR) is 91.5 cm³/mol. The monoisotopic (exact) mass is 332 g/mol. The third-order valence-corrected chi connectivity index (χ3v) is 5.57. The first-order valence-corrected chi connectivity index (χ1v) is 8.48. The molecule has 0 amide bonds. The fourth-order valence-corrected chi connectivity index (χ4v) is 4.35. The van der Waals surface area contributed by atoms with Gasteiger partial charge in [0.2, 0.25) is 0 Å². The Labute approximate surface area is 141 Å². The molecule has 3 fully saturated rings. The van der Waals surface area contributed by atoms with Gasteiger partial charge in [0, 0.05) is 36.2 Å². The first-order valence-electron chi connectivity index (χ1n) is 7.72. The highest BCUT2D eigenvalue weighted by Gasteiger charge is 2.43. The molecule has 2 bridgehead atoms. The van der Waals surface area contributed by atoms with Crippen LogP contribution in [0.4, 0.5) is 0 Å². The molecule has 3 heterocycles. The van der Waals surface area contributed by atoms with Crippen LogP contribution in [0.15, 0.2) is 48.5 Å². The van der Waals surface area contributed by atoms with Crippen molar-refractivity contribution in [2.75, 3.05) is 26.2 Å². The van der Waals surface area contributed by atoms with Gasteiger partial charge in [0.25, 0.3) is 0 Å². The summed E-state index contributed by atoms with van der Waals surface area (Å²) in [5, 5.41) is 1.69. The van der Waals surface area contributed by atoms with E-state index in [1.54, 1.807) is 0 Å². The zero-order valence-corrected chi connectivity index (χ0v) is 13.8. The van der Waals surface area contributed by atoms with Gasteiger partial charge in [-0.15, -0.1) is 0 Å². The second-order valence-electron chi connectivity index (χ2n) is 6.00. The van der Waals surface area contributed by atoms with Crippen LogP contribution in [-0.2, 0) is 0 Å². The summed E-state index contributed by atoms with van der Waals surface area (Å²) in [6, 6.07) is 17.0. The van der Waals surface area contributed by atoms with Gasteiger partial charge < -0.3 is 0 Å². The molecule has 2 nitrogen and oxygen atoms in total. The zero-order valence-electron chi connectivity index (χ0n) is 12.3. The molecule has 0 aromatic heterocycles. The third-order valence-electron chi connectivity index (χ3n) is 4.88. The largest absolute Gasteiger partial charge is 0.292 e. The van der Waals surface area contributed by atoms with Gasteiger partial charge in [0.05, 0.1) is 12.1 Å². The lowest BCUT2D eigenvalue weighted by Crippen LogP contribution is -2.58.